The van der Waals surface area contributed by atoms with Crippen LogP contribution in [0.25, 0.3) is 0 Å². The lowest BCUT2D eigenvalue weighted by atomic mass is 10.1. The number of nitrogens with one attached hydrogen (secondary N) is 2. The number of nitrogen functional groups attached to an aromatic ring is 1. The van der Waals surface area contributed by atoms with E-state index in [1.54, 1.807) is 0 Å². The molecule has 0 radical (unpaired) electrons. The Kier molecular flexibility index (Phi) is 4.30. The van der Waals surface area contributed by atoms with Gasteiger partial charge in [-0.15, -0.1) is 0 Å². The summed E-state index contributed by atoms with van der Waals surface area (Å²) in [6.45, 7) is 6.24. The van der Waals surface area contributed by atoms with E-state index in [0.29, 0.717) is 5.82 Å². The van der Waals surface area contributed by atoms with Gasteiger partial charge in [-0.25, -0.2) is 0 Å². The van der Waals surface area contributed by atoms with Gasteiger partial charge in [0.25, 0.3) is 5.91 Å². The Morgan fingerprint density at radius 2 is 2.00 bits per heavy atom. The molecule has 24 heavy (non-hydrogen) atoms. The van der Waals surface area contributed by atoms with E-state index in [0.717, 1.165) is 37.4 Å². The van der Waals surface area contributed by atoms with Crippen LogP contribution < -0.4 is 21.7 Å². The predicted octanol–water partition coefficient (Wildman–Crippen LogP) is 0.895. The fourth-order valence-electron chi connectivity index (χ4n) is 2.97. The SMILES string of the molecule is Cc1cc(Nc2n[nH]c(N)c2C(N)=O)ccc1N1CCN(C)CC1. The van der Waals surface area contributed by atoms with E-state index in [-0.39, 0.29) is 11.4 Å². The molecular weight excluding hydrogens is 306 g/mol. The molecule has 2 aromatic rings. The van der Waals surface area contributed by atoms with Crippen molar-refractivity contribution in [3.8, 4) is 0 Å². The Hall–Kier alpha value is -2.74. The van der Waals surface area contributed by atoms with Crippen LogP contribution in [0.1, 0.15) is 15.9 Å². The van der Waals surface area contributed by atoms with Crippen LogP contribution >= 0.6 is 0 Å². The number of nitrogens with zero attached hydrogens (tertiary/aromatic N) is 3. The van der Waals surface area contributed by atoms with Crippen LogP contribution in [0.15, 0.2) is 18.2 Å². The average molecular weight is 329 g/mol. The quantitative estimate of drug-likeness (QED) is 0.662. The zero-order valence-corrected chi connectivity index (χ0v) is 14.0. The summed E-state index contributed by atoms with van der Waals surface area (Å²) in [5.74, 6) is -0.114. The molecule has 128 valence electrons. The maximum absolute atomic E-state index is 11.5. The summed E-state index contributed by atoms with van der Waals surface area (Å²) in [7, 11) is 2.14. The second-order valence-electron chi connectivity index (χ2n) is 6.14. The van der Waals surface area contributed by atoms with Crippen LogP contribution in [0.5, 0.6) is 0 Å². The highest BCUT2D eigenvalue weighted by molar-refractivity contribution is 6.02. The molecule has 0 saturated carbocycles. The van der Waals surface area contributed by atoms with Crippen LogP contribution in [0.3, 0.4) is 0 Å². The van der Waals surface area contributed by atoms with E-state index in [2.05, 4.69) is 45.4 Å². The van der Waals surface area contributed by atoms with Crippen LogP contribution in [0.2, 0.25) is 0 Å². The third-order valence-electron chi connectivity index (χ3n) is 4.34. The molecule has 1 aliphatic heterocycles. The highest BCUT2D eigenvalue weighted by Gasteiger charge is 2.18. The second-order valence-corrected chi connectivity index (χ2v) is 6.14. The lowest BCUT2D eigenvalue weighted by Crippen LogP contribution is -2.44. The molecule has 1 fully saturated rings. The van der Waals surface area contributed by atoms with Gasteiger partial charge in [-0.1, -0.05) is 0 Å². The molecule has 0 spiro atoms. The maximum atomic E-state index is 11.5. The van der Waals surface area contributed by atoms with Gasteiger partial charge in [0.05, 0.1) is 0 Å². The van der Waals surface area contributed by atoms with Gasteiger partial charge in [-0.05, 0) is 37.7 Å². The number of hydrogen-bond donors (Lipinski definition) is 4. The number of H-pyrrole nitrogens is 1. The number of carbonyl (C=O) groups is 1. The zero-order valence-electron chi connectivity index (χ0n) is 14.0. The van der Waals surface area contributed by atoms with Gasteiger partial charge >= 0.3 is 0 Å². The molecule has 1 aromatic carbocycles. The van der Waals surface area contributed by atoms with Crippen molar-refractivity contribution in [2.24, 2.45) is 5.73 Å². The predicted molar refractivity (Wildman–Crippen MR) is 95.7 cm³/mol. The molecule has 0 atom stereocenters. The first-order chi connectivity index (χ1) is 11.5. The molecule has 1 amide bonds. The highest BCUT2D eigenvalue weighted by Crippen LogP contribution is 2.27. The Morgan fingerprint density at radius 3 is 2.62 bits per heavy atom. The van der Waals surface area contributed by atoms with E-state index < -0.39 is 5.91 Å². The first kappa shape index (κ1) is 16.1. The van der Waals surface area contributed by atoms with E-state index >= 15 is 0 Å². The summed E-state index contributed by atoms with van der Waals surface area (Å²) in [4.78, 5) is 16.2. The lowest BCUT2D eigenvalue weighted by molar-refractivity contribution is 0.100. The van der Waals surface area contributed by atoms with E-state index in [1.165, 1.54) is 5.69 Å². The van der Waals surface area contributed by atoms with Crippen molar-refractivity contribution in [2.75, 3.05) is 49.2 Å². The molecule has 2 heterocycles. The minimum atomic E-state index is -0.616. The van der Waals surface area contributed by atoms with Gasteiger partial charge in [0, 0.05) is 37.6 Å². The minimum Gasteiger partial charge on any atom is -0.383 e. The summed E-state index contributed by atoms with van der Waals surface area (Å²) in [6, 6.07) is 6.09. The molecule has 8 nitrogen and oxygen atoms in total. The molecule has 0 unspecified atom stereocenters. The van der Waals surface area contributed by atoms with Crippen LogP contribution in [-0.2, 0) is 0 Å². The summed E-state index contributed by atoms with van der Waals surface area (Å²) >= 11 is 0. The number of aromatic amines is 1. The number of primary amides is 1. The zero-order chi connectivity index (χ0) is 17.3. The Bertz CT molecular complexity index is 747. The fraction of sp³-hybridized carbons (Fsp3) is 0.375. The van der Waals surface area contributed by atoms with Crippen LogP contribution in [0, 0.1) is 6.92 Å². The number of piperazine rings is 1. The van der Waals surface area contributed by atoms with Gasteiger partial charge in [0.2, 0.25) is 0 Å². The van der Waals surface area contributed by atoms with Gasteiger partial charge in [-0.2, -0.15) is 5.10 Å². The monoisotopic (exact) mass is 329 g/mol. The summed E-state index contributed by atoms with van der Waals surface area (Å²) < 4.78 is 0. The van der Waals surface area contributed by atoms with Gasteiger partial charge in [-0.3, -0.25) is 9.89 Å². The number of carbonyl (C=O) groups excluding carboxylic acids is 1. The highest BCUT2D eigenvalue weighted by atomic mass is 16.1. The topological polar surface area (TPSA) is 116 Å². The number of amides is 1. The molecule has 0 aliphatic carbocycles. The molecule has 3 rings (SSSR count). The third kappa shape index (κ3) is 3.13. The number of aryl methyl sites for hydroxylation is 1. The van der Waals surface area contributed by atoms with Gasteiger partial charge in [0.1, 0.15) is 11.4 Å². The Balaban J connectivity index is 1.79. The number of hydrogen-bond acceptors (Lipinski definition) is 6. The number of rotatable bonds is 4. The average Bonchev–Trinajstić information content (AvgIpc) is 2.89. The number of aromatic nitrogens is 2. The van der Waals surface area contributed by atoms with Crippen molar-refractivity contribution in [3.05, 3.63) is 29.3 Å². The first-order valence-electron chi connectivity index (χ1n) is 7.90. The minimum absolute atomic E-state index is 0.163. The third-order valence-corrected chi connectivity index (χ3v) is 4.34. The summed E-state index contributed by atoms with van der Waals surface area (Å²) in [5.41, 5.74) is 14.4. The number of likely N-dealkylation sites (N-methyl/N-ethyl adjacent to an activating group) is 1. The number of nitrogens with two attached hydrogens (primary N) is 2. The summed E-state index contributed by atoms with van der Waals surface area (Å²) in [6.07, 6.45) is 0. The van der Waals surface area contributed by atoms with Crippen LogP contribution in [0.4, 0.5) is 23.0 Å². The maximum Gasteiger partial charge on any atom is 0.256 e. The number of anilines is 4. The Labute approximate surface area is 140 Å². The molecule has 6 N–H and O–H groups in total. The Morgan fingerprint density at radius 1 is 1.29 bits per heavy atom. The largest absolute Gasteiger partial charge is 0.383 e. The molecule has 1 aliphatic rings. The fourth-order valence-corrected chi connectivity index (χ4v) is 2.97. The molecule has 1 aromatic heterocycles. The normalized spacial score (nSPS) is 15.5. The van der Waals surface area contributed by atoms with E-state index in [4.69, 9.17) is 11.5 Å². The van der Waals surface area contributed by atoms with Crippen molar-refractivity contribution < 1.29 is 4.79 Å². The van der Waals surface area contributed by atoms with Gasteiger partial charge in [0.15, 0.2) is 5.82 Å². The number of benzene rings is 1. The smallest absolute Gasteiger partial charge is 0.256 e. The van der Waals surface area contributed by atoms with Crippen molar-refractivity contribution in [2.45, 2.75) is 6.92 Å². The molecular formula is C16H23N7O. The van der Waals surface area contributed by atoms with Gasteiger partial charge < -0.3 is 26.6 Å². The second kappa shape index (κ2) is 6.40. The molecule has 0 bridgehead atoms. The summed E-state index contributed by atoms with van der Waals surface area (Å²) in [5, 5.41) is 9.68. The van der Waals surface area contributed by atoms with E-state index in [9.17, 15) is 4.79 Å². The van der Waals surface area contributed by atoms with Crippen molar-refractivity contribution in [1.29, 1.82) is 0 Å². The van der Waals surface area contributed by atoms with Crippen LogP contribution in [-0.4, -0.2) is 54.2 Å². The van der Waals surface area contributed by atoms with Crippen molar-refractivity contribution >= 4 is 28.9 Å². The first-order valence-corrected chi connectivity index (χ1v) is 7.90. The standard InChI is InChI=1S/C16H23N7O/c1-10-9-11(19-16-13(15(18)24)14(17)20-21-16)3-4-12(10)23-7-5-22(2)6-8-23/h3-4,9H,5-8H2,1-2H3,(H2,18,24)(H4,17,19,20,21). The van der Waals surface area contributed by atoms with E-state index in [1.807, 2.05) is 12.1 Å². The molecule has 1 saturated heterocycles. The lowest BCUT2D eigenvalue weighted by Gasteiger charge is -2.35. The van der Waals surface area contributed by atoms with Crippen molar-refractivity contribution in [1.82, 2.24) is 15.1 Å². The van der Waals surface area contributed by atoms with Crippen molar-refractivity contribution in [3.63, 3.8) is 0 Å². The molecule has 8 heteroatoms.